The lowest BCUT2D eigenvalue weighted by Crippen LogP contribution is -2.20. The quantitative estimate of drug-likeness (QED) is 0.330. The number of oxazole rings is 1. The number of halogens is 1. The molecule has 0 atom stereocenters. The van der Waals surface area contributed by atoms with Crippen molar-refractivity contribution in [1.29, 1.82) is 0 Å². The second-order valence-corrected chi connectivity index (χ2v) is 8.83. The molecule has 0 aliphatic heterocycles. The van der Waals surface area contributed by atoms with Crippen LogP contribution in [0.5, 0.6) is 5.75 Å². The average Bonchev–Trinajstić information content (AvgIpc) is 3.29. The summed E-state index contributed by atoms with van der Waals surface area (Å²) >= 11 is 6.37. The first kappa shape index (κ1) is 21.5. The first-order valence-electron chi connectivity index (χ1n) is 11.3. The van der Waals surface area contributed by atoms with E-state index in [2.05, 4.69) is 22.4 Å². The molecule has 5 rings (SSSR count). The van der Waals surface area contributed by atoms with Crippen molar-refractivity contribution in [3.63, 3.8) is 0 Å². The molecule has 1 aromatic heterocycles. The maximum Gasteiger partial charge on any atom is 0.262 e. The Bertz CT molecular complexity index is 1230. The van der Waals surface area contributed by atoms with E-state index >= 15 is 0 Å². The zero-order valence-corrected chi connectivity index (χ0v) is 19.0. The second kappa shape index (κ2) is 9.67. The summed E-state index contributed by atoms with van der Waals surface area (Å²) in [6.45, 7) is -0.0797. The van der Waals surface area contributed by atoms with E-state index in [1.54, 1.807) is 18.2 Å². The Hall–Kier alpha value is -3.31. The molecule has 5 nitrogen and oxygen atoms in total. The van der Waals surface area contributed by atoms with Crippen LogP contribution in [0.3, 0.4) is 0 Å². The Morgan fingerprint density at radius 1 is 1.03 bits per heavy atom. The minimum absolute atomic E-state index is 0.0797. The van der Waals surface area contributed by atoms with Gasteiger partial charge in [0.25, 0.3) is 5.91 Å². The van der Waals surface area contributed by atoms with Crippen molar-refractivity contribution in [2.45, 2.75) is 38.0 Å². The molecular weight excluding hydrogens is 436 g/mol. The SMILES string of the molecule is O=C(COc1ccc(C2CCCCC2)cc1)Nc1ccc(Cl)c(-c2nc3ccccc3o2)c1. The number of anilines is 1. The number of amides is 1. The van der Waals surface area contributed by atoms with Gasteiger partial charge in [-0.05, 0) is 66.8 Å². The van der Waals surface area contributed by atoms with Crippen molar-refractivity contribution in [3.8, 4) is 17.2 Å². The fourth-order valence-corrected chi connectivity index (χ4v) is 4.57. The highest BCUT2D eigenvalue weighted by Gasteiger charge is 2.16. The molecule has 33 heavy (non-hydrogen) atoms. The van der Waals surface area contributed by atoms with Crippen molar-refractivity contribution in [3.05, 3.63) is 77.3 Å². The van der Waals surface area contributed by atoms with Gasteiger partial charge < -0.3 is 14.5 Å². The summed E-state index contributed by atoms with van der Waals surface area (Å²) in [5.74, 6) is 1.49. The molecule has 1 aliphatic carbocycles. The summed E-state index contributed by atoms with van der Waals surface area (Å²) in [6, 6.07) is 20.9. The monoisotopic (exact) mass is 460 g/mol. The van der Waals surface area contributed by atoms with E-state index in [0.29, 0.717) is 39.4 Å². The van der Waals surface area contributed by atoms with Crippen LogP contribution in [0.1, 0.15) is 43.6 Å². The van der Waals surface area contributed by atoms with Crippen LogP contribution in [-0.2, 0) is 4.79 Å². The highest BCUT2D eigenvalue weighted by Crippen LogP contribution is 2.34. The van der Waals surface area contributed by atoms with Gasteiger partial charge in [-0.15, -0.1) is 0 Å². The summed E-state index contributed by atoms with van der Waals surface area (Å²) in [6.07, 6.45) is 6.48. The Labute approximate surface area is 197 Å². The first-order chi connectivity index (χ1) is 16.2. The van der Waals surface area contributed by atoms with Crippen molar-refractivity contribution in [2.24, 2.45) is 0 Å². The van der Waals surface area contributed by atoms with E-state index in [1.807, 2.05) is 36.4 Å². The predicted octanol–water partition coefficient (Wildman–Crippen LogP) is 7.21. The molecule has 1 heterocycles. The van der Waals surface area contributed by atoms with E-state index in [0.717, 1.165) is 5.52 Å². The molecule has 168 valence electrons. The summed E-state index contributed by atoms with van der Waals surface area (Å²) in [5, 5.41) is 3.35. The Morgan fingerprint density at radius 2 is 1.82 bits per heavy atom. The fourth-order valence-electron chi connectivity index (χ4n) is 4.37. The highest BCUT2D eigenvalue weighted by atomic mass is 35.5. The fraction of sp³-hybridized carbons (Fsp3) is 0.259. The molecule has 0 saturated heterocycles. The molecule has 1 fully saturated rings. The summed E-state index contributed by atoms with van der Waals surface area (Å²) < 4.78 is 11.5. The lowest BCUT2D eigenvalue weighted by atomic mass is 9.84. The van der Waals surface area contributed by atoms with Gasteiger partial charge in [-0.1, -0.05) is 55.1 Å². The number of nitrogens with one attached hydrogen (secondary N) is 1. The molecule has 0 spiro atoms. The third kappa shape index (κ3) is 5.04. The maximum atomic E-state index is 12.5. The lowest BCUT2D eigenvalue weighted by Gasteiger charge is -2.22. The molecular formula is C27H25ClN2O3. The molecule has 4 aromatic rings. The Morgan fingerprint density at radius 3 is 2.61 bits per heavy atom. The number of carbonyl (C=O) groups excluding carboxylic acids is 1. The number of carbonyl (C=O) groups is 1. The molecule has 1 N–H and O–H groups in total. The number of hydrogen-bond donors (Lipinski definition) is 1. The molecule has 1 amide bonds. The van der Waals surface area contributed by atoms with Crippen LogP contribution in [0.2, 0.25) is 5.02 Å². The van der Waals surface area contributed by atoms with Crippen molar-refractivity contribution in [1.82, 2.24) is 4.98 Å². The number of hydrogen-bond acceptors (Lipinski definition) is 4. The van der Waals surface area contributed by atoms with Gasteiger partial charge in [0.15, 0.2) is 12.2 Å². The molecule has 0 unspecified atom stereocenters. The lowest BCUT2D eigenvalue weighted by molar-refractivity contribution is -0.118. The standard InChI is InChI=1S/C27H25ClN2O3/c28-23-15-12-20(16-22(23)27-30-24-8-4-5-9-25(24)33-27)29-26(31)17-32-21-13-10-19(11-14-21)18-6-2-1-3-7-18/h4-5,8-16,18H,1-3,6-7,17H2,(H,29,31). The smallest absolute Gasteiger partial charge is 0.262 e. The zero-order chi connectivity index (χ0) is 22.6. The highest BCUT2D eigenvalue weighted by molar-refractivity contribution is 6.33. The third-order valence-corrected chi connectivity index (χ3v) is 6.43. The van der Waals surface area contributed by atoms with Gasteiger partial charge in [0, 0.05) is 5.69 Å². The number of benzene rings is 3. The largest absolute Gasteiger partial charge is 0.484 e. The molecule has 1 saturated carbocycles. The van der Waals surface area contributed by atoms with Crippen LogP contribution < -0.4 is 10.1 Å². The van der Waals surface area contributed by atoms with Crippen LogP contribution in [0.4, 0.5) is 5.69 Å². The molecule has 6 heteroatoms. The van der Waals surface area contributed by atoms with Gasteiger partial charge in [-0.2, -0.15) is 0 Å². The third-order valence-electron chi connectivity index (χ3n) is 6.10. The van der Waals surface area contributed by atoms with Gasteiger partial charge in [-0.25, -0.2) is 4.98 Å². The minimum Gasteiger partial charge on any atom is -0.484 e. The number of para-hydroxylation sites is 2. The number of nitrogens with zero attached hydrogens (tertiary/aromatic N) is 1. The van der Waals surface area contributed by atoms with E-state index in [4.69, 9.17) is 20.8 Å². The van der Waals surface area contributed by atoms with E-state index < -0.39 is 0 Å². The topological polar surface area (TPSA) is 64.4 Å². The summed E-state index contributed by atoms with van der Waals surface area (Å²) in [5.41, 5.74) is 4.00. The average molecular weight is 461 g/mol. The normalized spacial score (nSPS) is 14.3. The van der Waals surface area contributed by atoms with E-state index in [1.165, 1.54) is 37.7 Å². The minimum atomic E-state index is -0.253. The van der Waals surface area contributed by atoms with Gasteiger partial charge in [0.1, 0.15) is 11.3 Å². The molecule has 3 aromatic carbocycles. The van der Waals surface area contributed by atoms with Crippen molar-refractivity contribution < 1.29 is 13.9 Å². The van der Waals surface area contributed by atoms with Gasteiger partial charge >= 0.3 is 0 Å². The van der Waals surface area contributed by atoms with Crippen LogP contribution in [0.15, 0.2) is 71.1 Å². The zero-order valence-electron chi connectivity index (χ0n) is 18.2. The van der Waals surface area contributed by atoms with Gasteiger partial charge in [0.2, 0.25) is 5.89 Å². The van der Waals surface area contributed by atoms with E-state index in [9.17, 15) is 4.79 Å². The summed E-state index contributed by atoms with van der Waals surface area (Å²) in [4.78, 5) is 17.0. The number of fused-ring (bicyclic) bond motifs is 1. The van der Waals surface area contributed by atoms with Crippen LogP contribution in [-0.4, -0.2) is 17.5 Å². The van der Waals surface area contributed by atoms with Crippen molar-refractivity contribution >= 4 is 34.3 Å². The number of aromatic nitrogens is 1. The van der Waals surface area contributed by atoms with Crippen molar-refractivity contribution in [2.75, 3.05) is 11.9 Å². The van der Waals surface area contributed by atoms with Gasteiger partial charge in [0.05, 0.1) is 10.6 Å². The summed E-state index contributed by atoms with van der Waals surface area (Å²) in [7, 11) is 0. The first-order valence-corrected chi connectivity index (χ1v) is 11.7. The predicted molar refractivity (Wildman–Crippen MR) is 131 cm³/mol. The van der Waals surface area contributed by atoms with Gasteiger partial charge in [-0.3, -0.25) is 4.79 Å². The Balaban J connectivity index is 1.21. The molecule has 0 radical (unpaired) electrons. The van der Waals surface area contributed by atoms with Crippen LogP contribution >= 0.6 is 11.6 Å². The second-order valence-electron chi connectivity index (χ2n) is 8.42. The molecule has 0 bridgehead atoms. The number of ether oxygens (including phenoxy) is 1. The maximum absolute atomic E-state index is 12.5. The van der Waals surface area contributed by atoms with E-state index in [-0.39, 0.29) is 12.5 Å². The number of rotatable bonds is 6. The van der Waals surface area contributed by atoms with Crippen LogP contribution in [0.25, 0.3) is 22.6 Å². The Kier molecular flexibility index (Phi) is 6.31. The van der Waals surface area contributed by atoms with Crippen LogP contribution in [0, 0.1) is 0 Å². The molecule has 1 aliphatic rings.